The molecule has 0 spiro atoms. The minimum absolute atomic E-state index is 0.0428. The predicted molar refractivity (Wildman–Crippen MR) is 114 cm³/mol. The Labute approximate surface area is 179 Å². The van der Waals surface area contributed by atoms with Gasteiger partial charge in [0, 0.05) is 11.6 Å². The highest BCUT2D eigenvalue weighted by atomic mass is 16.3. The standard InChI is InChI=1S/C22H24N6O3/c1-21(31)8-15(9-21)28-18(29)10-22(2,27-20(28)24)16-4-3-5-17(19(16)30)26-14-7-6-13(11-23)25-12-14/h3-7,12,15,26,30-31H,8-10H2,1-2H3,(H2,24,27)/t15?,21?,22-/m0/s1. The number of nitrogens with one attached hydrogen (secondary N) is 1. The maximum Gasteiger partial charge on any atom is 0.232 e. The number of para-hydroxylation sites is 1. The third-order valence-corrected chi connectivity index (χ3v) is 5.86. The van der Waals surface area contributed by atoms with Crippen LogP contribution in [0.25, 0.3) is 0 Å². The number of phenols is 1. The van der Waals surface area contributed by atoms with Gasteiger partial charge in [-0.05, 0) is 44.9 Å². The summed E-state index contributed by atoms with van der Waals surface area (Å²) in [7, 11) is 0. The summed E-state index contributed by atoms with van der Waals surface area (Å²) in [6.07, 6.45) is 2.45. The molecule has 1 fully saturated rings. The fourth-order valence-electron chi connectivity index (χ4n) is 4.31. The van der Waals surface area contributed by atoms with Crippen molar-refractivity contribution in [2.75, 3.05) is 5.32 Å². The van der Waals surface area contributed by atoms with Crippen molar-refractivity contribution in [3.63, 3.8) is 0 Å². The monoisotopic (exact) mass is 420 g/mol. The van der Waals surface area contributed by atoms with Crippen molar-refractivity contribution in [3.05, 3.63) is 47.8 Å². The number of guanidine groups is 1. The van der Waals surface area contributed by atoms with Crippen LogP contribution < -0.4 is 11.1 Å². The van der Waals surface area contributed by atoms with Crippen molar-refractivity contribution in [2.45, 2.75) is 50.3 Å². The van der Waals surface area contributed by atoms with Gasteiger partial charge in [-0.3, -0.25) is 9.69 Å². The van der Waals surface area contributed by atoms with Gasteiger partial charge in [0.25, 0.3) is 0 Å². The maximum atomic E-state index is 12.9. The Hall–Kier alpha value is -3.64. The number of phenolic OH excluding ortho intramolecular Hbond substituents is 1. The largest absolute Gasteiger partial charge is 0.505 e. The summed E-state index contributed by atoms with van der Waals surface area (Å²) in [5, 5.41) is 32.9. The zero-order valence-corrected chi connectivity index (χ0v) is 17.3. The highest BCUT2D eigenvalue weighted by Crippen LogP contribution is 2.44. The first-order valence-corrected chi connectivity index (χ1v) is 9.97. The number of pyridine rings is 1. The number of hydrogen-bond acceptors (Lipinski definition) is 8. The number of aliphatic hydroxyl groups is 1. The molecule has 1 aromatic heterocycles. The van der Waals surface area contributed by atoms with Gasteiger partial charge >= 0.3 is 0 Å². The van der Waals surface area contributed by atoms with Gasteiger partial charge in [-0.15, -0.1) is 0 Å². The molecule has 1 aliphatic heterocycles. The van der Waals surface area contributed by atoms with Crippen LogP contribution in [0.2, 0.25) is 0 Å². The van der Waals surface area contributed by atoms with Crippen molar-refractivity contribution in [1.29, 1.82) is 5.26 Å². The van der Waals surface area contributed by atoms with E-state index < -0.39 is 11.1 Å². The topological polar surface area (TPSA) is 148 Å². The van der Waals surface area contributed by atoms with E-state index in [2.05, 4.69) is 15.3 Å². The number of aromatic nitrogens is 1. The molecule has 0 bridgehead atoms. The smallest absolute Gasteiger partial charge is 0.232 e. The molecule has 5 N–H and O–H groups in total. The van der Waals surface area contributed by atoms with Crippen molar-refractivity contribution < 1.29 is 15.0 Å². The molecule has 4 rings (SSSR count). The number of nitriles is 1. The molecule has 2 aromatic rings. The fourth-order valence-corrected chi connectivity index (χ4v) is 4.31. The number of anilines is 2. The van der Waals surface area contributed by atoms with Crippen LogP contribution in [-0.2, 0) is 10.3 Å². The highest BCUT2D eigenvalue weighted by Gasteiger charge is 2.48. The lowest BCUT2D eigenvalue weighted by molar-refractivity contribution is -0.138. The number of carbonyl (C=O) groups excluding carboxylic acids is 1. The van der Waals surface area contributed by atoms with Crippen LogP contribution in [0.4, 0.5) is 11.4 Å². The number of benzene rings is 1. The van der Waals surface area contributed by atoms with Gasteiger partial charge in [0.15, 0.2) is 5.96 Å². The Morgan fingerprint density at radius 2 is 2.03 bits per heavy atom. The van der Waals surface area contributed by atoms with Crippen LogP contribution in [0.5, 0.6) is 5.75 Å². The number of carbonyl (C=O) groups is 1. The quantitative estimate of drug-likeness (QED) is 0.553. The van der Waals surface area contributed by atoms with Gasteiger partial charge in [-0.2, -0.15) is 5.26 Å². The minimum atomic E-state index is -1.03. The van der Waals surface area contributed by atoms with E-state index in [0.717, 1.165) is 0 Å². The van der Waals surface area contributed by atoms with E-state index in [1.165, 1.54) is 11.1 Å². The van der Waals surface area contributed by atoms with Gasteiger partial charge in [0.2, 0.25) is 5.91 Å². The summed E-state index contributed by atoms with van der Waals surface area (Å²) in [6.45, 7) is 3.49. The second-order valence-corrected chi connectivity index (χ2v) is 8.61. The van der Waals surface area contributed by atoms with E-state index in [0.29, 0.717) is 35.5 Å². The van der Waals surface area contributed by atoms with Crippen LogP contribution in [0.15, 0.2) is 41.5 Å². The van der Waals surface area contributed by atoms with Gasteiger partial charge in [0.1, 0.15) is 17.5 Å². The average molecular weight is 420 g/mol. The van der Waals surface area contributed by atoms with Gasteiger partial charge in [0.05, 0.1) is 35.1 Å². The molecule has 160 valence electrons. The zero-order chi connectivity index (χ0) is 22.4. The predicted octanol–water partition coefficient (Wildman–Crippen LogP) is 2.08. The van der Waals surface area contributed by atoms with Crippen LogP contribution in [0, 0.1) is 11.3 Å². The molecule has 1 aliphatic carbocycles. The summed E-state index contributed by atoms with van der Waals surface area (Å²) in [6, 6.07) is 10.2. The molecule has 2 heterocycles. The molecule has 0 radical (unpaired) electrons. The molecular formula is C22H24N6O3. The molecular weight excluding hydrogens is 396 g/mol. The zero-order valence-electron chi connectivity index (χ0n) is 17.3. The first-order chi connectivity index (χ1) is 14.6. The highest BCUT2D eigenvalue weighted by molar-refractivity contribution is 5.99. The first-order valence-electron chi connectivity index (χ1n) is 9.97. The lowest BCUT2D eigenvalue weighted by Gasteiger charge is -2.48. The summed E-state index contributed by atoms with van der Waals surface area (Å²) >= 11 is 0. The van der Waals surface area contributed by atoms with E-state index in [1.807, 2.05) is 6.07 Å². The maximum absolute atomic E-state index is 12.9. The number of hydrogen-bond donors (Lipinski definition) is 4. The molecule has 9 heteroatoms. The van der Waals surface area contributed by atoms with E-state index >= 15 is 0 Å². The Morgan fingerprint density at radius 3 is 2.61 bits per heavy atom. The van der Waals surface area contributed by atoms with Gasteiger partial charge in [-0.25, -0.2) is 9.98 Å². The van der Waals surface area contributed by atoms with Crippen LogP contribution >= 0.6 is 0 Å². The SMILES string of the molecule is CC1(O)CC(N2C(=O)C[C@@](C)(c3cccc(Nc4ccc(C#N)nc4)c3O)N=C2N)C1. The summed E-state index contributed by atoms with van der Waals surface area (Å²) in [5.74, 6) is -0.142. The normalized spacial score (nSPS) is 27.8. The molecule has 0 saturated heterocycles. The lowest BCUT2D eigenvalue weighted by atomic mass is 9.75. The van der Waals surface area contributed by atoms with E-state index in [1.54, 1.807) is 44.2 Å². The van der Waals surface area contributed by atoms with E-state index in [-0.39, 0.29) is 30.1 Å². The second-order valence-electron chi connectivity index (χ2n) is 8.61. The van der Waals surface area contributed by atoms with E-state index in [4.69, 9.17) is 11.0 Å². The minimum Gasteiger partial charge on any atom is -0.505 e. The Bertz CT molecular complexity index is 1100. The number of aliphatic imine (C=N–C) groups is 1. The van der Waals surface area contributed by atoms with E-state index in [9.17, 15) is 15.0 Å². The molecule has 1 aromatic carbocycles. The van der Waals surface area contributed by atoms with Crippen molar-refractivity contribution in [3.8, 4) is 11.8 Å². The Kier molecular flexibility index (Phi) is 4.82. The summed E-state index contributed by atoms with van der Waals surface area (Å²) in [4.78, 5) is 23.0. The molecule has 1 atom stereocenters. The number of nitrogens with two attached hydrogens (primary N) is 1. The lowest BCUT2D eigenvalue weighted by Crippen LogP contribution is -2.61. The molecule has 2 aliphatic rings. The number of nitrogens with zero attached hydrogens (tertiary/aromatic N) is 4. The number of amides is 1. The summed E-state index contributed by atoms with van der Waals surface area (Å²) in [5.41, 5.74) is 6.12. The van der Waals surface area contributed by atoms with Crippen LogP contribution in [0.1, 0.15) is 44.4 Å². The average Bonchev–Trinajstić information content (AvgIpc) is 2.68. The van der Waals surface area contributed by atoms with Gasteiger partial charge < -0.3 is 21.3 Å². The molecule has 9 nitrogen and oxygen atoms in total. The Morgan fingerprint density at radius 1 is 1.29 bits per heavy atom. The second kappa shape index (κ2) is 7.25. The third kappa shape index (κ3) is 3.78. The molecule has 1 amide bonds. The third-order valence-electron chi connectivity index (χ3n) is 5.86. The molecule has 0 unspecified atom stereocenters. The van der Waals surface area contributed by atoms with Crippen molar-refractivity contribution >= 4 is 23.2 Å². The van der Waals surface area contributed by atoms with Crippen LogP contribution in [-0.4, -0.2) is 43.6 Å². The summed E-state index contributed by atoms with van der Waals surface area (Å²) < 4.78 is 0. The number of aromatic hydroxyl groups is 1. The first kappa shape index (κ1) is 20.6. The van der Waals surface area contributed by atoms with Crippen molar-refractivity contribution in [2.24, 2.45) is 10.7 Å². The van der Waals surface area contributed by atoms with Crippen molar-refractivity contribution in [1.82, 2.24) is 9.88 Å². The molecule has 31 heavy (non-hydrogen) atoms. The van der Waals surface area contributed by atoms with Crippen LogP contribution in [0.3, 0.4) is 0 Å². The molecule has 1 saturated carbocycles. The van der Waals surface area contributed by atoms with Gasteiger partial charge in [-0.1, -0.05) is 12.1 Å². The Balaban J connectivity index is 1.62. The fraction of sp³-hybridized carbons (Fsp3) is 0.364. The number of rotatable bonds is 4.